The highest BCUT2D eigenvalue weighted by atomic mass is 127. The summed E-state index contributed by atoms with van der Waals surface area (Å²) in [5.41, 5.74) is 0.968. The fourth-order valence-electron chi connectivity index (χ4n) is 2.24. The molecule has 0 saturated heterocycles. The summed E-state index contributed by atoms with van der Waals surface area (Å²) in [6.07, 6.45) is 1.63. The predicted octanol–water partition coefficient (Wildman–Crippen LogP) is 4.30. The first kappa shape index (κ1) is 20.9. The number of aliphatic imine (C=N–C) groups is 1. The van der Waals surface area contributed by atoms with Gasteiger partial charge in [0.05, 0.1) is 30.8 Å². The minimum atomic E-state index is -0.411. The highest BCUT2D eigenvalue weighted by Gasteiger charge is 2.05. The normalized spacial score (nSPS) is 10.9. The molecular weight excluding hydrogens is 479 g/mol. The molecule has 0 aliphatic carbocycles. The van der Waals surface area contributed by atoms with Crippen molar-refractivity contribution >= 4 is 47.0 Å². The molecule has 27 heavy (non-hydrogen) atoms. The van der Waals surface area contributed by atoms with Crippen molar-refractivity contribution in [1.82, 2.24) is 10.6 Å². The zero-order valence-corrected chi connectivity index (χ0v) is 17.5. The first-order chi connectivity index (χ1) is 12.7. The summed E-state index contributed by atoms with van der Waals surface area (Å²) >= 11 is 1.67. The molecule has 2 N–H and O–H groups in total. The van der Waals surface area contributed by atoms with Gasteiger partial charge in [-0.25, -0.2) is 4.99 Å². The molecule has 3 rings (SSSR count). The van der Waals surface area contributed by atoms with Crippen LogP contribution in [0.5, 0.6) is 0 Å². The van der Waals surface area contributed by atoms with E-state index in [0.29, 0.717) is 25.6 Å². The molecule has 3 aromatic rings. The molecule has 9 heteroatoms. The largest absolute Gasteiger partial charge is 0.467 e. The lowest BCUT2D eigenvalue weighted by molar-refractivity contribution is -0.384. The zero-order valence-electron chi connectivity index (χ0n) is 14.3. The first-order valence-electron chi connectivity index (χ1n) is 8.01. The third-order valence-electron chi connectivity index (χ3n) is 3.59. The van der Waals surface area contributed by atoms with Crippen LogP contribution in [0.2, 0.25) is 0 Å². The van der Waals surface area contributed by atoms with Crippen LogP contribution >= 0.6 is 35.3 Å². The molecule has 0 saturated carbocycles. The topological polar surface area (TPSA) is 92.7 Å². The summed E-state index contributed by atoms with van der Waals surface area (Å²) in [6, 6.07) is 14.2. The Bertz CT molecular complexity index is 809. The van der Waals surface area contributed by atoms with Crippen LogP contribution in [0.15, 0.2) is 69.6 Å². The summed E-state index contributed by atoms with van der Waals surface area (Å²) in [6.45, 7) is 1.60. The second-order valence-electron chi connectivity index (χ2n) is 5.45. The molecule has 0 bridgehead atoms. The van der Waals surface area contributed by atoms with Crippen molar-refractivity contribution in [3.63, 3.8) is 0 Å². The molecule has 0 radical (unpaired) electrons. The van der Waals surface area contributed by atoms with E-state index in [4.69, 9.17) is 4.42 Å². The molecule has 0 unspecified atom stereocenters. The van der Waals surface area contributed by atoms with E-state index in [-0.39, 0.29) is 29.7 Å². The summed E-state index contributed by atoms with van der Waals surface area (Å²) in [4.78, 5) is 16.1. The molecule has 0 aliphatic heterocycles. The lowest BCUT2D eigenvalue weighted by Gasteiger charge is -2.11. The van der Waals surface area contributed by atoms with Gasteiger partial charge in [-0.3, -0.25) is 10.1 Å². The molecule has 0 spiro atoms. The SMILES string of the molecule is I.O=[N+]([O-])c1ccc(CN=C(NCc2ccco2)NCc2cccs2)cc1. The maximum absolute atomic E-state index is 10.7. The van der Waals surface area contributed by atoms with Crippen molar-refractivity contribution in [2.24, 2.45) is 4.99 Å². The standard InChI is InChI=1S/C18H18N4O3S.HI/c23-22(24)15-7-5-14(6-8-15)11-19-18(20-12-16-3-1-9-25-16)21-13-17-4-2-10-26-17;/h1-10H,11-13H2,(H2,19,20,21);1H. The van der Waals surface area contributed by atoms with Crippen LogP contribution in [0.1, 0.15) is 16.2 Å². The van der Waals surface area contributed by atoms with Gasteiger partial charge in [-0.15, -0.1) is 35.3 Å². The van der Waals surface area contributed by atoms with E-state index in [1.165, 1.54) is 17.0 Å². The van der Waals surface area contributed by atoms with E-state index in [9.17, 15) is 10.1 Å². The third-order valence-corrected chi connectivity index (χ3v) is 4.46. The van der Waals surface area contributed by atoms with E-state index in [1.807, 2.05) is 23.6 Å². The van der Waals surface area contributed by atoms with Crippen molar-refractivity contribution in [3.8, 4) is 0 Å². The zero-order chi connectivity index (χ0) is 18.2. The number of furan rings is 1. The predicted molar refractivity (Wildman–Crippen MR) is 116 cm³/mol. The fraction of sp³-hybridized carbons (Fsp3) is 0.167. The minimum absolute atomic E-state index is 0. The smallest absolute Gasteiger partial charge is 0.269 e. The number of nitro benzene ring substituents is 1. The Kier molecular flexibility index (Phi) is 8.27. The van der Waals surface area contributed by atoms with E-state index >= 15 is 0 Å². The van der Waals surface area contributed by atoms with Gasteiger partial charge in [0.1, 0.15) is 5.76 Å². The van der Waals surface area contributed by atoms with Crippen LogP contribution in [0.25, 0.3) is 0 Å². The summed E-state index contributed by atoms with van der Waals surface area (Å²) in [7, 11) is 0. The van der Waals surface area contributed by atoms with Gasteiger partial charge < -0.3 is 15.1 Å². The van der Waals surface area contributed by atoms with Gasteiger partial charge in [0.15, 0.2) is 5.96 Å². The van der Waals surface area contributed by atoms with E-state index in [0.717, 1.165) is 11.3 Å². The van der Waals surface area contributed by atoms with Crippen molar-refractivity contribution in [2.45, 2.75) is 19.6 Å². The lowest BCUT2D eigenvalue weighted by Crippen LogP contribution is -2.36. The number of nitrogens with zero attached hydrogens (tertiary/aromatic N) is 2. The maximum Gasteiger partial charge on any atom is 0.269 e. The lowest BCUT2D eigenvalue weighted by atomic mass is 10.2. The van der Waals surface area contributed by atoms with Gasteiger partial charge in [-0.05, 0) is 29.1 Å². The Morgan fingerprint density at radius 2 is 1.89 bits per heavy atom. The maximum atomic E-state index is 10.7. The number of non-ortho nitro benzene ring substituents is 1. The Labute approximate surface area is 177 Å². The third kappa shape index (κ3) is 6.68. The van der Waals surface area contributed by atoms with Gasteiger partial charge in [0.25, 0.3) is 5.69 Å². The number of hydrogen-bond donors (Lipinski definition) is 2. The number of rotatable bonds is 7. The van der Waals surface area contributed by atoms with Crippen LogP contribution in [0.4, 0.5) is 5.69 Å². The van der Waals surface area contributed by atoms with Crippen LogP contribution < -0.4 is 10.6 Å². The van der Waals surface area contributed by atoms with Gasteiger partial charge in [0.2, 0.25) is 0 Å². The quantitative estimate of drug-likeness (QED) is 0.167. The number of thiophene rings is 1. The summed E-state index contributed by atoms with van der Waals surface area (Å²) in [5.74, 6) is 1.46. The summed E-state index contributed by atoms with van der Waals surface area (Å²) in [5, 5.41) is 19.3. The Morgan fingerprint density at radius 1 is 1.11 bits per heavy atom. The number of nitro groups is 1. The van der Waals surface area contributed by atoms with E-state index in [2.05, 4.69) is 21.7 Å². The fourth-order valence-corrected chi connectivity index (χ4v) is 2.88. The highest BCUT2D eigenvalue weighted by Crippen LogP contribution is 2.12. The molecular formula is C18H19IN4O3S. The van der Waals surface area contributed by atoms with E-state index in [1.54, 1.807) is 29.7 Å². The number of benzene rings is 1. The molecule has 0 aliphatic rings. The monoisotopic (exact) mass is 498 g/mol. The molecule has 0 atom stereocenters. The number of halogens is 1. The second kappa shape index (κ2) is 10.7. The average molecular weight is 498 g/mol. The molecule has 2 aromatic heterocycles. The number of nitrogens with one attached hydrogen (secondary N) is 2. The molecule has 2 heterocycles. The van der Waals surface area contributed by atoms with E-state index < -0.39 is 4.92 Å². The second-order valence-corrected chi connectivity index (χ2v) is 6.49. The van der Waals surface area contributed by atoms with Crippen LogP contribution in [0.3, 0.4) is 0 Å². The van der Waals surface area contributed by atoms with Crippen LogP contribution in [-0.2, 0) is 19.6 Å². The Morgan fingerprint density at radius 3 is 2.52 bits per heavy atom. The molecule has 7 nitrogen and oxygen atoms in total. The van der Waals surface area contributed by atoms with Crippen LogP contribution in [0, 0.1) is 10.1 Å². The minimum Gasteiger partial charge on any atom is -0.467 e. The van der Waals surface area contributed by atoms with Crippen molar-refractivity contribution < 1.29 is 9.34 Å². The van der Waals surface area contributed by atoms with Crippen molar-refractivity contribution in [1.29, 1.82) is 0 Å². The highest BCUT2D eigenvalue weighted by molar-refractivity contribution is 14.0. The number of hydrogen-bond acceptors (Lipinski definition) is 5. The average Bonchev–Trinajstić information content (AvgIpc) is 3.35. The molecule has 1 aromatic carbocycles. The van der Waals surface area contributed by atoms with Gasteiger partial charge in [-0.2, -0.15) is 0 Å². The molecule has 142 valence electrons. The molecule has 0 amide bonds. The van der Waals surface area contributed by atoms with Crippen LogP contribution in [-0.4, -0.2) is 10.9 Å². The Balaban J connectivity index is 0.00000261. The summed E-state index contributed by atoms with van der Waals surface area (Å²) < 4.78 is 5.33. The van der Waals surface area contributed by atoms with Gasteiger partial charge in [-0.1, -0.05) is 18.2 Å². The number of guanidine groups is 1. The van der Waals surface area contributed by atoms with Gasteiger partial charge >= 0.3 is 0 Å². The first-order valence-corrected chi connectivity index (χ1v) is 8.89. The van der Waals surface area contributed by atoms with Crippen molar-refractivity contribution in [2.75, 3.05) is 0 Å². The van der Waals surface area contributed by atoms with Gasteiger partial charge in [0, 0.05) is 17.0 Å². The Hall–Kier alpha value is -2.40. The molecule has 0 fully saturated rings. The van der Waals surface area contributed by atoms with Crippen molar-refractivity contribution in [3.05, 3.63) is 86.5 Å².